The van der Waals surface area contributed by atoms with Crippen LogP contribution in [0.2, 0.25) is 0 Å². The molecule has 2 rings (SSSR count). The predicted molar refractivity (Wildman–Crippen MR) is 78.4 cm³/mol. The van der Waals surface area contributed by atoms with Gasteiger partial charge in [0.05, 0.1) is 6.61 Å². The van der Waals surface area contributed by atoms with Crippen molar-refractivity contribution in [1.82, 2.24) is 5.06 Å². The normalized spacial score (nSPS) is 10.8. The number of hydrogen-bond acceptors (Lipinski definition) is 2. The molecule has 0 heterocycles. The second-order valence-corrected chi connectivity index (χ2v) is 4.60. The molecule has 0 saturated carbocycles. The highest BCUT2D eigenvalue weighted by Gasteiger charge is 2.07. The maximum absolute atomic E-state index is 5.83. The summed E-state index contributed by atoms with van der Waals surface area (Å²) < 4.78 is 0. The van der Waals surface area contributed by atoms with Crippen LogP contribution in [-0.4, -0.2) is 11.7 Å². The van der Waals surface area contributed by atoms with Crippen molar-refractivity contribution in [3.05, 3.63) is 71.8 Å². The summed E-state index contributed by atoms with van der Waals surface area (Å²) in [6, 6.07) is 20.9. The minimum absolute atomic E-state index is 0.764. The van der Waals surface area contributed by atoms with Gasteiger partial charge in [0.1, 0.15) is 0 Å². The van der Waals surface area contributed by atoms with Gasteiger partial charge in [-0.3, -0.25) is 4.84 Å². The van der Waals surface area contributed by atoms with E-state index in [0.29, 0.717) is 0 Å². The van der Waals surface area contributed by atoms with E-state index in [1.807, 2.05) is 17.2 Å². The van der Waals surface area contributed by atoms with Gasteiger partial charge in [-0.05, 0) is 17.5 Å². The molecule has 2 nitrogen and oxygen atoms in total. The molecule has 0 spiro atoms. The molecule has 0 unspecified atom stereocenters. The predicted octanol–water partition coefficient (Wildman–Crippen LogP) is 4.03. The van der Waals surface area contributed by atoms with Crippen LogP contribution in [0.15, 0.2) is 60.7 Å². The van der Waals surface area contributed by atoms with Crippen LogP contribution in [0.3, 0.4) is 0 Å². The van der Waals surface area contributed by atoms with Crippen molar-refractivity contribution in [3.8, 4) is 0 Å². The van der Waals surface area contributed by atoms with Crippen LogP contribution in [0.1, 0.15) is 24.5 Å². The first kappa shape index (κ1) is 13.8. The van der Waals surface area contributed by atoms with Gasteiger partial charge in [0, 0.05) is 13.1 Å². The van der Waals surface area contributed by atoms with Crippen LogP contribution in [-0.2, 0) is 17.9 Å². The van der Waals surface area contributed by atoms with E-state index in [4.69, 9.17) is 4.84 Å². The van der Waals surface area contributed by atoms with Gasteiger partial charge in [0.25, 0.3) is 0 Å². The highest BCUT2D eigenvalue weighted by molar-refractivity contribution is 5.16. The smallest absolute Gasteiger partial charge is 0.0682 e. The van der Waals surface area contributed by atoms with Gasteiger partial charge < -0.3 is 0 Å². The summed E-state index contributed by atoms with van der Waals surface area (Å²) in [4.78, 5) is 5.83. The number of benzene rings is 2. The molecule has 0 saturated heterocycles. The summed E-state index contributed by atoms with van der Waals surface area (Å²) in [5.41, 5.74) is 2.55. The third-order valence-electron chi connectivity index (χ3n) is 2.88. The zero-order valence-corrected chi connectivity index (χ0v) is 11.5. The second-order valence-electron chi connectivity index (χ2n) is 4.60. The van der Waals surface area contributed by atoms with Gasteiger partial charge in [-0.25, -0.2) is 0 Å². The Labute approximate surface area is 115 Å². The highest BCUT2D eigenvalue weighted by atomic mass is 16.7. The minimum atomic E-state index is 0.764. The van der Waals surface area contributed by atoms with Crippen molar-refractivity contribution < 1.29 is 4.84 Å². The molecule has 0 aromatic heterocycles. The maximum Gasteiger partial charge on any atom is 0.0682 e. The van der Waals surface area contributed by atoms with Crippen LogP contribution >= 0.6 is 0 Å². The van der Waals surface area contributed by atoms with E-state index in [0.717, 1.165) is 26.1 Å². The van der Waals surface area contributed by atoms with Gasteiger partial charge in [-0.2, -0.15) is 5.06 Å². The van der Waals surface area contributed by atoms with Gasteiger partial charge in [-0.15, -0.1) is 0 Å². The fraction of sp³-hybridized carbons (Fsp3) is 0.294. The van der Waals surface area contributed by atoms with Crippen molar-refractivity contribution in [2.45, 2.75) is 26.4 Å². The average Bonchev–Trinajstić information content (AvgIpc) is 2.47. The van der Waals surface area contributed by atoms with Gasteiger partial charge in [-0.1, -0.05) is 67.6 Å². The Hall–Kier alpha value is -1.64. The maximum atomic E-state index is 5.83. The molecular formula is C17H21NO. The Morgan fingerprint density at radius 2 is 1.26 bits per heavy atom. The molecule has 0 N–H and O–H groups in total. The summed E-state index contributed by atoms with van der Waals surface area (Å²) >= 11 is 0. The van der Waals surface area contributed by atoms with Gasteiger partial charge in [0.15, 0.2) is 0 Å². The summed E-state index contributed by atoms with van der Waals surface area (Å²) in [6.45, 7) is 4.52. The highest BCUT2D eigenvalue weighted by Crippen LogP contribution is 2.10. The molecule has 2 heteroatoms. The Morgan fingerprint density at radius 3 is 1.68 bits per heavy atom. The Morgan fingerprint density at radius 1 is 0.789 bits per heavy atom. The van der Waals surface area contributed by atoms with E-state index in [1.54, 1.807) is 0 Å². The lowest BCUT2D eigenvalue weighted by Crippen LogP contribution is -2.23. The quantitative estimate of drug-likeness (QED) is 0.693. The minimum Gasteiger partial charge on any atom is -0.298 e. The average molecular weight is 255 g/mol. The monoisotopic (exact) mass is 255 g/mol. The number of nitrogens with zero attached hydrogens (tertiary/aromatic N) is 1. The molecule has 19 heavy (non-hydrogen) atoms. The van der Waals surface area contributed by atoms with Crippen LogP contribution in [0.4, 0.5) is 0 Å². The van der Waals surface area contributed by atoms with Gasteiger partial charge in [0.2, 0.25) is 0 Å². The molecular weight excluding hydrogens is 234 g/mol. The number of rotatable bonds is 7. The Kier molecular flexibility index (Phi) is 5.60. The third kappa shape index (κ3) is 4.86. The topological polar surface area (TPSA) is 12.5 Å². The van der Waals surface area contributed by atoms with Crippen molar-refractivity contribution in [2.24, 2.45) is 0 Å². The Balaban J connectivity index is 1.99. The fourth-order valence-corrected chi connectivity index (χ4v) is 1.94. The molecule has 0 amide bonds. The lowest BCUT2D eigenvalue weighted by Gasteiger charge is -2.22. The van der Waals surface area contributed by atoms with Crippen molar-refractivity contribution in [1.29, 1.82) is 0 Å². The molecule has 0 fully saturated rings. The molecule has 2 aromatic rings. The summed E-state index contributed by atoms with van der Waals surface area (Å²) in [5, 5.41) is 2.04. The molecule has 0 atom stereocenters. The molecule has 0 aliphatic carbocycles. The first-order chi connectivity index (χ1) is 9.38. The zero-order valence-electron chi connectivity index (χ0n) is 11.5. The van der Waals surface area contributed by atoms with E-state index in [-0.39, 0.29) is 0 Å². The second kappa shape index (κ2) is 7.72. The van der Waals surface area contributed by atoms with E-state index in [2.05, 4.69) is 55.5 Å². The molecule has 0 aliphatic heterocycles. The fourth-order valence-electron chi connectivity index (χ4n) is 1.94. The largest absolute Gasteiger partial charge is 0.298 e. The lowest BCUT2D eigenvalue weighted by molar-refractivity contribution is -0.173. The van der Waals surface area contributed by atoms with Crippen molar-refractivity contribution in [3.63, 3.8) is 0 Å². The number of hydroxylamine groups is 2. The lowest BCUT2D eigenvalue weighted by atomic mass is 10.2. The molecule has 2 aromatic carbocycles. The molecule has 0 aliphatic rings. The van der Waals surface area contributed by atoms with Crippen LogP contribution < -0.4 is 0 Å². The Bertz CT molecular complexity index is 414. The first-order valence-electron chi connectivity index (χ1n) is 6.84. The van der Waals surface area contributed by atoms with Gasteiger partial charge >= 0.3 is 0 Å². The van der Waals surface area contributed by atoms with E-state index >= 15 is 0 Å². The van der Waals surface area contributed by atoms with E-state index < -0.39 is 0 Å². The summed E-state index contributed by atoms with van der Waals surface area (Å²) in [7, 11) is 0. The van der Waals surface area contributed by atoms with Crippen molar-refractivity contribution in [2.75, 3.05) is 6.61 Å². The zero-order chi connectivity index (χ0) is 13.3. The first-order valence-corrected chi connectivity index (χ1v) is 6.84. The molecule has 100 valence electrons. The number of hydrogen-bond donors (Lipinski definition) is 0. The SMILES string of the molecule is CCCON(Cc1ccccc1)Cc1ccccc1. The molecule has 0 bridgehead atoms. The van der Waals surface area contributed by atoms with Crippen LogP contribution in [0.25, 0.3) is 0 Å². The molecule has 0 radical (unpaired) electrons. The summed E-state index contributed by atoms with van der Waals surface area (Å²) in [6.07, 6.45) is 1.03. The third-order valence-corrected chi connectivity index (χ3v) is 2.88. The van der Waals surface area contributed by atoms with Crippen LogP contribution in [0.5, 0.6) is 0 Å². The van der Waals surface area contributed by atoms with E-state index in [1.165, 1.54) is 11.1 Å². The summed E-state index contributed by atoms with van der Waals surface area (Å²) in [5.74, 6) is 0. The van der Waals surface area contributed by atoms with Crippen LogP contribution in [0, 0.1) is 0 Å². The standard InChI is InChI=1S/C17H21NO/c1-2-13-19-18(14-16-9-5-3-6-10-16)15-17-11-7-4-8-12-17/h3-12H,2,13-15H2,1H3. The van der Waals surface area contributed by atoms with E-state index in [9.17, 15) is 0 Å². The van der Waals surface area contributed by atoms with Crippen molar-refractivity contribution >= 4 is 0 Å².